The van der Waals surface area contributed by atoms with Crippen LogP contribution in [0.4, 0.5) is 0 Å². The number of carbonyl (C=O) groups is 2. The Morgan fingerprint density at radius 3 is 2.11 bits per heavy atom. The van der Waals surface area contributed by atoms with E-state index in [0.717, 1.165) is 0 Å². The van der Waals surface area contributed by atoms with Crippen molar-refractivity contribution < 1.29 is 28.5 Å². The fourth-order valence-corrected chi connectivity index (χ4v) is 2.61. The summed E-state index contributed by atoms with van der Waals surface area (Å²) in [7, 11) is 0. The SMILES string of the molecule is CS/C=C/[C@@H]1OC(C)(C)O[C@@H]1[C@@H](COC(=O)C(C)(C)C)OC(=O)C(C)(C)C. The summed E-state index contributed by atoms with van der Waals surface area (Å²) in [5, 5.41) is 1.90. The summed E-state index contributed by atoms with van der Waals surface area (Å²) in [4.78, 5) is 24.7. The summed E-state index contributed by atoms with van der Waals surface area (Å²) >= 11 is 1.53. The number of thioether (sulfide) groups is 1. The first-order valence-corrected chi connectivity index (χ1v) is 10.4. The van der Waals surface area contributed by atoms with Gasteiger partial charge in [0.1, 0.15) is 18.8 Å². The first-order chi connectivity index (χ1) is 12.2. The Bertz CT molecular complexity index is 556. The van der Waals surface area contributed by atoms with Gasteiger partial charge in [0.25, 0.3) is 0 Å². The highest BCUT2D eigenvalue weighted by Gasteiger charge is 2.47. The molecule has 6 nitrogen and oxygen atoms in total. The van der Waals surface area contributed by atoms with Gasteiger partial charge >= 0.3 is 11.9 Å². The van der Waals surface area contributed by atoms with Crippen LogP contribution in [0.3, 0.4) is 0 Å². The van der Waals surface area contributed by atoms with Gasteiger partial charge in [0.15, 0.2) is 11.9 Å². The highest BCUT2D eigenvalue weighted by molar-refractivity contribution is 8.01. The molecule has 1 heterocycles. The van der Waals surface area contributed by atoms with E-state index in [0.29, 0.717) is 0 Å². The van der Waals surface area contributed by atoms with E-state index in [9.17, 15) is 9.59 Å². The molecule has 0 radical (unpaired) electrons. The van der Waals surface area contributed by atoms with Crippen molar-refractivity contribution in [3.05, 3.63) is 11.5 Å². The summed E-state index contributed by atoms with van der Waals surface area (Å²) in [5.41, 5.74) is -1.34. The quantitative estimate of drug-likeness (QED) is 0.623. The van der Waals surface area contributed by atoms with Crippen LogP contribution in [-0.2, 0) is 28.5 Å². The van der Waals surface area contributed by atoms with E-state index < -0.39 is 34.9 Å². The van der Waals surface area contributed by atoms with Crippen LogP contribution < -0.4 is 0 Å². The monoisotopic (exact) mass is 402 g/mol. The molecule has 27 heavy (non-hydrogen) atoms. The van der Waals surface area contributed by atoms with Crippen LogP contribution in [0.25, 0.3) is 0 Å². The third kappa shape index (κ3) is 7.47. The lowest BCUT2D eigenvalue weighted by molar-refractivity contribution is -0.186. The molecule has 0 amide bonds. The van der Waals surface area contributed by atoms with E-state index >= 15 is 0 Å². The smallest absolute Gasteiger partial charge is 0.311 e. The number of hydrogen-bond acceptors (Lipinski definition) is 7. The summed E-state index contributed by atoms with van der Waals surface area (Å²) in [6.07, 6.45) is 2.03. The molecule has 0 saturated carbocycles. The number of carbonyl (C=O) groups excluding carboxylic acids is 2. The second-order valence-electron chi connectivity index (χ2n) is 9.17. The molecule has 0 aliphatic carbocycles. The van der Waals surface area contributed by atoms with Crippen molar-refractivity contribution in [2.24, 2.45) is 10.8 Å². The van der Waals surface area contributed by atoms with Crippen LogP contribution in [-0.4, -0.2) is 48.9 Å². The van der Waals surface area contributed by atoms with E-state index in [1.165, 1.54) is 11.8 Å². The summed E-state index contributed by atoms with van der Waals surface area (Å²) < 4.78 is 23.1. The van der Waals surface area contributed by atoms with E-state index in [2.05, 4.69) is 0 Å². The maximum Gasteiger partial charge on any atom is 0.311 e. The zero-order valence-corrected chi connectivity index (χ0v) is 18.8. The molecule has 1 aliphatic rings. The van der Waals surface area contributed by atoms with Gasteiger partial charge in [-0.3, -0.25) is 9.59 Å². The van der Waals surface area contributed by atoms with Gasteiger partial charge < -0.3 is 18.9 Å². The Balaban J connectivity index is 3.05. The average molecular weight is 403 g/mol. The molecule has 1 fully saturated rings. The summed E-state index contributed by atoms with van der Waals surface area (Å²) in [6, 6.07) is 0. The lowest BCUT2D eigenvalue weighted by atomic mass is 9.96. The van der Waals surface area contributed by atoms with E-state index in [1.54, 1.807) is 55.4 Å². The van der Waals surface area contributed by atoms with Gasteiger partial charge in [-0.1, -0.05) is 0 Å². The zero-order chi connectivity index (χ0) is 21.0. The summed E-state index contributed by atoms with van der Waals surface area (Å²) in [6.45, 7) is 14.1. The average Bonchev–Trinajstić information content (AvgIpc) is 2.81. The predicted octanol–water partition coefficient (Wildman–Crippen LogP) is 3.93. The third-order valence-electron chi connectivity index (χ3n) is 3.80. The Morgan fingerprint density at radius 1 is 1.07 bits per heavy atom. The second kappa shape index (κ2) is 8.97. The van der Waals surface area contributed by atoms with Crippen molar-refractivity contribution in [1.82, 2.24) is 0 Å². The molecule has 0 spiro atoms. The first kappa shape index (κ1) is 24.0. The Labute approximate surface area is 167 Å². The molecule has 0 aromatic heterocycles. The van der Waals surface area contributed by atoms with Crippen molar-refractivity contribution in [1.29, 1.82) is 0 Å². The van der Waals surface area contributed by atoms with Crippen LogP contribution in [0, 0.1) is 10.8 Å². The van der Waals surface area contributed by atoms with Gasteiger partial charge in [0.05, 0.1) is 10.8 Å². The number of ether oxygens (including phenoxy) is 4. The topological polar surface area (TPSA) is 71.1 Å². The highest BCUT2D eigenvalue weighted by atomic mass is 32.2. The molecule has 1 rings (SSSR count). The molecule has 1 saturated heterocycles. The molecule has 0 N–H and O–H groups in total. The van der Waals surface area contributed by atoms with Crippen molar-refractivity contribution in [3.63, 3.8) is 0 Å². The molecule has 7 heteroatoms. The molecular weight excluding hydrogens is 368 g/mol. The zero-order valence-electron chi connectivity index (χ0n) is 18.0. The van der Waals surface area contributed by atoms with Crippen LogP contribution >= 0.6 is 11.8 Å². The van der Waals surface area contributed by atoms with Gasteiger partial charge in [-0.25, -0.2) is 0 Å². The van der Waals surface area contributed by atoms with Gasteiger partial charge in [0, 0.05) is 0 Å². The van der Waals surface area contributed by atoms with Crippen molar-refractivity contribution in [2.75, 3.05) is 12.9 Å². The van der Waals surface area contributed by atoms with Crippen LogP contribution in [0.5, 0.6) is 0 Å². The van der Waals surface area contributed by atoms with E-state index in [1.807, 2.05) is 17.7 Å². The molecular formula is C20H34O6S. The number of esters is 2. The standard InChI is InChI=1S/C20H34O6S/c1-18(2,3)16(21)23-12-14(24-17(22)19(4,5)6)15-13(10-11-27-9)25-20(7,8)26-15/h10-11,13-15H,12H2,1-9H3/b11-10+/t13-,14+,15-/m0/s1. The third-order valence-corrected chi connectivity index (χ3v) is 4.23. The van der Waals surface area contributed by atoms with Gasteiger partial charge in [-0.2, -0.15) is 0 Å². The fourth-order valence-electron chi connectivity index (χ4n) is 2.29. The van der Waals surface area contributed by atoms with Crippen molar-refractivity contribution in [2.45, 2.75) is 79.5 Å². The minimum atomic E-state index is -0.835. The molecule has 1 aliphatic heterocycles. The number of hydrogen-bond donors (Lipinski definition) is 0. The first-order valence-electron chi connectivity index (χ1n) is 9.11. The Morgan fingerprint density at radius 2 is 1.63 bits per heavy atom. The minimum Gasteiger partial charge on any atom is -0.461 e. The van der Waals surface area contributed by atoms with Gasteiger partial charge in [0.2, 0.25) is 0 Å². The Kier molecular flexibility index (Phi) is 7.97. The maximum atomic E-state index is 12.5. The number of rotatable bonds is 6. The molecule has 3 atom stereocenters. The lowest BCUT2D eigenvalue weighted by Gasteiger charge is -2.29. The van der Waals surface area contributed by atoms with Crippen LogP contribution in [0.15, 0.2) is 11.5 Å². The molecule has 156 valence electrons. The van der Waals surface area contributed by atoms with E-state index in [4.69, 9.17) is 18.9 Å². The van der Waals surface area contributed by atoms with Gasteiger partial charge in [-0.15, -0.1) is 11.8 Å². The second-order valence-corrected chi connectivity index (χ2v) is 9.91. The van der Waals surface area contributed by atoms with Gasteiger partial charge in [-0.05, 0) is 73.1 Å². The molecule has 0 unspecified atom stereocenters. The molecule has 0 aromatic rings. The summed E-state index contributed by atoms with van der Waals surface area (Å²) in [5.74, 6) is -1.59. The predicted molar refractivity (Wildman–Crippen MR) is 106 cm³/mol. The molecule has 0 bridgehead atoms. The normalized spacial score (nSPS) is 24.0. The molecule has 0 aromatic carbocycles. The van der Waals surface area contributed by atoms with Crippen molar-refractivity contribution in [3.8, 4) is 0 Å². The highest BCUT2D eigenvalue weighted by Crippen LogP contribution is 2.33. The van der Waals surface area contributed by atoms with Crippen LogP contribution in [0.1, 0.15) is 55.4 Å². The Hall–Kier alpha value is -1.05. The maximum absolute atomic E-state index is 12.5. The van der Waals surface area contributed by atoms with Crippen molar-refractivity contribution >= 4 is 23.7 Å². The minimum absolute atomic E-state index is 0.0916. The largest absolute Gasteiger partial charge is 0.461 e. The lowest BCUT2D eigenvalue weighted by Crippen LogP contribution is -2.44. The van der Waals surface area contributed by atoms with E-state index in [-0.39, 0.29) is 18.5 Å². The van der Waals surface area contributed by atoms with Crippen LogP contribution in [0.2, 0.25) is 0 Å². The fraction of sp³-hybridized carbons (Fsp3) is 0.800.